The minimum atomic E-state index is -1.01. The molecule has 2 aliphatic heterocycles. The van der Waals surface area contributed by atoms with Gasteiger partial charge in [0.25, 0.3) is 11.8 Å². The predicted octanol–water partition coefficient (Wildman–Crippen LogP) is 1.11. The summed E-state index contributed by atoms with van der Waals surface area (Å²) >= 11 is 0. The Balaban J connectivity index is 1.81. The van der Waals surface area contributed by atoms with Gasteiger partial charge in [-0.2, -0.15) is 0 Å². The van der Waals surface area contributed by atoms with E-state index in [1.165, 1.54) is 17.2 Å². The minimum Gasteiger partial charge on any atom is -0.395 e. The topological polar surface area (TPSA) is 94.0 Å². The summed E-state index contributed by atoms with van der Waals surface area (Å²) in [7, 11) is 0. The smallest absolute Gasteiger partial charge is 0.327 e. The van der Waals surface area contributed by atoms with Crippen LogP contribution in [0.4, 0.5) is 9.18 Å². The molecule has 28 heavy (non-hydrogen) atoms. The van der Waals surface area contributed by atoms with Crippen LogP contribution in [-0.4, -0.2) is 81.0 Å². The maximum absolute atomic E-state index is 13.9. The normalized spacial score (nSPS) is 19.2. The Morgan fingerprint density at radius 1 is 1.32 bits per heavy atom. The van der Waals surface area contributed by atoms with E-state index in [9.17, 15) is 23.9 Å². The van der Waals surface area contributed by atoms with E-state index < -0.39 is 23.3 Å². The lowest BCUT2D eigenvalue weighted by Gasteiger charge is -2.42. The van der Waals surface area contributed by atoms with Crippen LogP contribution in [0.3, 0.4) is 0 Å². The van der Waals surface area contributed by atoms with E-state index in [1.807, 2.05) is 13.8 Å². The molecular formula is C19H25FN4O4. The van der Waals surface area contributed by atoms with Crippen molar-refractivity contribution in [2.24, 2.45) is 5.92 Å². The fourth-order valence-corrected chi connectivity index (χ4v) is 3.98. The number of carbonyl (C=O) groups excluding carboxylic acids is 3. The highest BCUT2D eigenvalue weighted by atomic mass is 19.1. The summed E-state index contributed by atoms with van der Waals surface area (Å²) in [5.41, 5.74) is -1.06. The van der Waals surface area contributed by atoms with E-state index in [0.29, 0.717) is 6.54 Å². The second kappa shape index (κ2) is 7.83. The van der Waals surface area contributed by atoms with Crippen LogP contribution < -0.4 is 0 Å². The summed E-state index contributed by atoms with van der Waals surface area (Å²) in [5, 5.41) is 9.23. The number of pyridine rings is 1. The number of carbonyl (C=O) groups is 3. The molecule has 0 bridgehead atoms. The molecular weight excluding hydrogens is 367 g/mol. The quantitative estimate of drug-likeness (QED) is 0.758. The molecule has 1 spiro atoms. The molecule has 9 heteroatoms. The van der Waals surface area contributed by atoms with Gasteiger partial charge in [0.2, 0.25) is 0 Å². The zero-order valence-corrected chi connectivity index (χ0v) is 16.1. The number of nitrogens with zero attached hydrogens (tertiary/aromatic N) is 4. The lowest BCUT2D eigenvalue weighted by Crippen LogP contribution is -2.58. The molecule has 2 saturated heterocycles. The summed E-state index contributed by atoms with van der Waals surface area (Å²) in [4.78, 5) is 46.3. The minimum absolute atomic E-state index is 0.0428. The highest BCUT2D eigenvalue weighted by Crippen LogP contribution is 2.38. The number of rotatable bonds is 5. The molecule has 1 N–H and O–H groups in total. The van der Waals surface area contributed by atoms with Crippen LogP contribution in [0.25, 0.3) is 0 Å². The molecule has 1 aromatic heterocycles. The Morgan fingerprint density at radius 3 is 2.57 bits per heavy atom. The first-order valence-corrected chi connectivity index (χ1v) is 9.45. The number of hydrogen-bond acceptors (Lipinski definition) is 5. The van der Waals surface area contributed by atoms with Crippen molar-refractivity contribution in [3.05, 3.63) is 29.8 Å². The van der Waals surface area contributed by atoms with Crippen molar-refractivity contribution in [2.75, 3.05) is 32.8 Å². The third-order valence-corrected chi connectivity index (χ3v) is 5.37. The summed E-state index contributed by atoms with van der Waals surface area (Å²) in [6, 6.07) is 0.938. The largest absolute Gasteiger partial charge is 0.395 e. The van der Waals surface area contributed by atoms with Crippen molar-refractivity contribution in [3.63, 3.8) is 0 Å². The number of imide groups is 1. The van der Waals surface area contributed by atoms with Gasteiger partial charge in [-0.1, -0.05) is 13.8 Å². The van der Waals surface area contributed by atoms with Crippen LogP contribution in [0.2, 0.25) is 0 Å². The molecule has 3 heterocycles. The summed E-state index contributed by atoms with van der Waals surface area (Å²) in [5.74, 6) is -1.30. The van der Waals surface area contributed by atoms with Crippen LogP contribution in [0.15, 0.2) is 18.5 Å². The second-order valence-corrected chi connectivity index (χ2v) is 7.65. The van der Waals surface area contributed by atoms with E-state index in [1.54, 1.807) is 4.90 Å². The Hall–Kier alpha value is -2.55. The van der Waals surface area contributed by atoms with Crippen LogP contribution in [0.1, 0.15) is 37.0 Å². The number of halogens is 1. The average molecular weight is 392 g/mol. The number of hydrogen-bond donors (Lipinski definition) is 1. The molecule has 4 amide bonds. The summed E-state index contributed by atoms with van der Waals surface area (Å²) < 4.78 is 13.9. The number of aliphatic hydroxyl groups is 1. The molecule has 3 rings (SSSR count). The maximum Gasteiger partial charge on any atom is 0.327 e. The fourth-order valence-electron chi connectivity index (χ4n) is 3.98. The molecule has 152 valence electrons. The summed E-state index contributed by atoms with van der Waals surface area (Å²) in [6.45, 7) is 4.48. The van der Waals surface area contributed by atoms with Gasteiger partial charge in [-0.25, -0.2) is 9.18 Å². The zero-order chi connectivity index (χ0) is 20.5. The van der Waals surface area contributed by atoms with E-state index >= 15 is 0 Å². The van der Waals surface area contributed by atoms with Crippen LogP contribution in [-0.2, 0) is 4.79 Å². The first-order valence-electron chi connectivity index (χ1n) is 9.45. The van der Waals surface area contributed by atoms with E-state index in [2.05, 4.69) is 4.98 Å². The van der Waals surface area contributed by atoms with Gasteiger partial charge in [-0.3, -0.25) is 19.5 Å². The molecule has 0 aliphatic carbocycles. The molecule has 2 aliphatic rings. The number of β-amino-alcohol motifs (C(OH)–C–C–N with tert-alkyl or cyclic N) is 1. The van der Waals surface area contributed by atoms with Crippen molar-refractivity contribution in [2.45, 2.75) is 32.2 Å². The predicted molar refractivity (Wildman–Crippen MR) is 97.8 cm³/mol. The highest BCUT2D eigenvalue weighted by Gasteiger charge is 2.58. The van der Waals surface area contributed by atoms with Gasteiger partial charge in [0.1, 0.15) is 5.54 Å². The first kappa shape index (κ1) is 20.2. The van der Waals surface area contributed by atoms with Crippen LogP contribution in [0.5, 0.6) is 0 Å². The molecule has 0 saturated carbocycles. The van der Waals surface area contributed by atoms with E-state index in [-0.39, 0.29) is 56.5 Å². The van der Waals surface area contributed by atoms with Gasteiger partial charge in [0.15, 0.2) is 5.82 Å². The Morgan fingerprint density at radius 2 is 2.00 bits per heavy atom. The van der Waals surface area contributed by atoms with Crippen LogP contribution >= 0.6 is 0 Å². The van der Waals surface area contributed by atoms with Crippen molar-refractivity contribution in [1.29, 1.82) is 0 Å². The molecule has 0 radical (unpaired) electrons. The van der Waals surface area contributed by atoms with E-state index in [0.717, 1.165) is 11.1 Å². The lowest BCUT2D eigenvalue weighted by atomic mass is 9.85. The molecule has 0 aromatic carbocycles. The third-order valence-electron chi connectivity index (χ3n) is 5.37. The Labute approximate surface area is 162 Å². The highest BCUT2D eigenvalue weighted by molar-refractivity contribution is 6.07. The number of aromatic nitrogens is 1. The number of piperidine rings is 1. The Bertz CT molecular complexity index is 777. The first-order chi connectivity index (χ1) is 13.3. The van der Waals surface area contributed by atoms with Crippen molar-refractivity contribution < 1.29 is 23.9 Å². The number of urea groups is 1. The number of likely N-dealkylation sites (tertiary alicyclic amines) is 1. The molecule has 2 fully saturated rings. The van der Waals surface area contributed by atoms with Gasteiger partial charge in [0, 0.05) is 25.8 Å². The fraction of sp³-hybridized carbons (Fsp3) is 0.579. The van der Waals surface area contributed by atoms with Gasteiger partial charge in [0.05, 0.1) is 24.9 Å². The number of aliphatic hydroxyl groups excluding tert-OH is 1. The Kier molecular flexibility index (Phi) is 5.64. The SMILES string of the molecule is CC(C)CN1C(=O)N(CCO)C(=O)C12CCN(C(=O)c1ccncc1F)CC2. The van der Waals surface area contributed by atoms with Crippen molar-refractivity contribution in [3.8, 4) is 0 Å². The van der Waals surface area contributed by atoms with Gasteiger partial charge in [-0.15, -0.1) is 0 Å². The maximum atomic E-state index is 13.9. The lowest BCUT2D eigenvalue weighted by molar-refractivity contribution is -0.135. The van der Waals surface area contributed by atoms with Crippen molar-refractivity contribution in [1.82, 2.24) is 19.7 Å². The van der Waals surface area contributed by atoms with Gasteiger partial charge >= 0.3 is 6.03 Å². The standard InChI is InChI=1S/C19H25FN4O4/c1-13(2)12-24-18(28)23(9-10-25)17(27)19(24)4-7-22(8-5-19)16(26)14-3-6-21-11-15(14)20/h3,6,11,13,25H,4-5,7-10,12H2,1-2H3. The molecule has 8 nitrogen and oxygen atoms in total. The monoisotopic (exact) mass is 392 g/mol. The number of amides is 4. The second-order valence-electron chi connectivity index (χ2n) is 7.65. The zero-order valence-electron chi connectivity index (χ0n) is 16.1. The van der Waals surface area contributed by atoms with Crippen LogP contribution in [0, 0.1) is 11.7 Å². The summed E-state index contributed by atoms with van der Waals surface area (Å²) in [6.07, 6.45) is 2.92. The molecule has 0 unspecified atom stereocenters. The molecule has 0 atom stereocenters. The van der Waals surface area contributed by atoms with Gasteiger partial charge in [-0.05, 0) is 24.8 Å². The van der Waals surface area contributed by atoms with Crippen molar-refractivity contribution >= 4 is 17.8 Å². The van der Waals surface area contributed by atoms with Gasteiger partial charge < -0.3 is 14.9 Å². The third kappa shape index (κ3) is 3.34. The molecule has 1 aromatic rings. The average Bonchev–Trinajstić information content (AvgIpc) is 2.85. The van der Waals surface area contributed by atoms with E-state index in [4.69, 9.17) is 0 Å².